The average molecular weight is 485 g/mol. The van der Waals surface area contributed by atoms with E-state index in [1.807, 2.05) is 119 Å². The lowest BCUT2D eigenvalue weighted by Gasteiger charge is -2.29. The maximum absolute atomic E-state index is 12.1. The van der Waals surface area contributed by atoms with Crippen LogP contribution in [0.2, 0.25) is 0 Å². The molecule has 0 heterocycles. The van der Waals surface area contributed by atoms with Crippen LogP contribution >= 0.6 is 0 Å². The zero-order chi connectivity index (χ0) is 26.6. The van der Waals surface area contributed by atoms with E-state index in [9.17, 15) is 10.2 Å². The Labute approximate surface area is 220 Å². The lowest BCUT2D eigenvalue weighted by molar-refractivity contribution is 0.143. The first-order valence-electron chi connectivity index (χ1n) is 12.4. The van der Waals surface area contributed by atoms with E-state index >= 15 is 0 Å². The molecular formula is C35H32O2. The van der Waals surface area contributed by atoms with Crippen LogP contribution < -0.4 is 0 Å². The molecule has 0 aliphatic carbocycles. The van der Waals surface area contributed by atoms with Gasteiger partial charge in [-0.2, -0.15) is 0 Å². The molecular weight excluding hydrogens is 452 g/mol. The van der Waals surface area contributed by atoms with Crippen LogP contribution in [0.3, 0.4) is 0 Å². The highest BCUT2D eigenvalue weighted by molar-refractivity contribution is 5.55. The number of hydrogen-bond acceptors (Lipinski definition) is 2. The lowest BCUT2D eigenvalue weighted by atomic mass is 9.79. The molecule has 0 saturated heterocycles. The standard InChI is InChI=1S/C35H32O2/c1-6-34(36,30-21-10-7-15-25(30)2)33-28(5)18-13-19-29(33)20-14-24-35(37,31-22-11-8-16-26(31)3)32-23-12-9-17-27(32)4/h1,7-13,15-19,21-23,36-37H,20H2,2-5H3. The van der Waals surface area contributed by atoms with Gasteiger partial charge < -0.3 is 10.2 Å². The van der Waals surface area contributed by atoms with Gasteiger partial charge in [-0.25, -0.2) is 0 Å². The maximum atomic E-state index is 12.1. The van der Waals surface area contributed by atoms with Crippen LogP contribution in [0.5, 0.6) is 0 Å². The Bertz CT molecular complexity index is 1500. The van der Waals surface area contributed by atoms with Gasteiger partial charge in [-0.05, 0) is 55.5 Å². The van der Waals surface area contributed by atoms with Crippen molar-refractivity contribution in [2.24, 2.45) is 0 Å². The Hall–Kier alpha value is -4.08. The van der Waals surface area contributed by atoms with Crippen molar-refractivity contribution < 1.29 is 10.2 Å². The van der Waals surface area contributed by atoms with Gasteiger partial charge in [0.15, 0.2) is 11.2 Å². The normalized spacial score (nSPS) is 12.7. The van der Waals surface area contributed by atoms with Crippen LogP contribution in [0.1, 0.15) is 50.1 Å². The summed E-state index contributed by atoms with van der Waals surface area (Å²) in [5, 5.41) is 23.9. The number of aryl methyl sites for hydroxylation is 4. The first kappa shape index (κ1) is 26.0. The molecule has 0 aliphatic heterocycles. The molecule has 2 heteroatoms. The molecule has 37 heavy (non-hydrogen) atoms. The Morgan fingerprint density at radius 1 is 0.595 bits per heavy atom. The number of hydrogen-bond donors (Lipinski definition) is 2. The predicted molar refractivity (Wildman–Crippen MR) is 151 cm³/mol. The first-order chi connectivity index (χ1) is 17.7. The Morgan fingerprint density at radius 2 is 1.03 bits per heavy atom. The van der Waals surface area contributed by atoms with Crippen LogP contribution in [-0.2, 0) is 17.6 Å². The van der Waals surface area contributed by atoms with Gasteiger partial charge in [0, 0.05) is 28.7 Å². The average Bonchev–Trinajstić information content (AvgIpc) is 2.89. The summed E-state index contributed by atoms with van der Waals surface area (Å²) in [6.45, 7) is 7.85. The lowest BCUT2D eigenvalue weighted by Crippen LogP contribution is -2.29. The van der Waals surface area contributed by atoms with Crippen LogP contribution in [-0.4, -0.2) is 10.2 Å². The monoisotopic (exact) mass is 484 g/mol. The van der Waals surface area contributed by atoms with Gasteiger partial charge >= 0.3 is 0 Å². The molecule has 0 radical (unpaired) electrons. The summed E-state index contributed by atoms with van der Waals surface area (Å²) < 4.78 is 0. The fourth-order valence-corrected chi connectivity index (χ4v) is 5.16. The van der Waals surface area contributed by atoms with Crippen LogP contribution in [0.25, 0.3) is 0 Å². The Kier molecular flexibility index (Phi) is 7.37. The van der Waals surface area contributed by atoms with Gasteiger partial charge in [0.2, 0.25) is 0 Å². The predicted octanol–water partition coefficient (Wildman–Crippen LogP) is 6.27. The molecule has 1 unspecified atom stereocenters. The van der Waals surface area contributed by atoms with E-state index in [4.69, 9.17) is 6.42 Å². The summed E-state index contributed by atoms with van der Waals surface area (Å²) in [4.78, 5) is 0. The van der Waals surface area contributed by atoms with Crippen molar-refractivity contribution >= 4 is 0 Å². The smallest absolute Gasteiger partial charge is 0.177 e. The topological polar surface area (TPSA) is 40.5 Å². The van der Waals surface area contributed by atoms with E-state index in [1.165, 1.54) is 0 Å². The Balaban J connectivity index is 1.85. The molecule has 0 fully saturated rings. The van der Waals surface area contributed by atoms with E-state index in [2.05, 4.69) is 17.8 Å². The largest absolute Gasteiger partial charge is 0.369 e. The molecule has 2 N–H and O–H groups in total. The number of rotatable bonds is 5. The third-order valence-corrected chi connectivity index (χ3v) is 7.08. The molecule has 0 bridgehead atoms. The van der Waals surface area contributed by atoms with E-state index in [1.54, 1.807) is 0 Å². The van der Waals surface area contributed by atoms with Crippen molar-refractivity contribution in [3.8, 4) is 24.2 Å². The highest BCUT2D eigenvalue weighted by atomic mass is 16.3. The molecule has 0 spiro atoms. The molecule has 4 rings (SSSR count). The number of benzene rings is 4. The molecule has 0 aromatic heterocycles. The van der Waals surface area contributed by atoms with Gasteiger partial charge in [-0.3, -0.25) is 0 Å². The van der Waals surface area contributed by atoms with Crippen LogP contribution in [0, 0.1) is 51.9 Å². The van der Waals surface area contributed by atoms with Crippen LogP contribution in [0.4, 0.5) is 0 Å². The van der Waals surface area contributed by atoms with Crippen LogP contribution in [0.15, 0.2) is 91.0 Å². The van der Waals surface area contributed by atoms with Crippen molar-refractivity contribution in [1.29, 1.82) is 0 Å². The van der Waals surface area contributed by atoms with E-state index < -0.39 is 11.2 Å². The minimum absolute atomic E-state index is 0.312. The highest BCUT2D eigenvalue weighted by Crippen LogP contribution is 2.36. The highest BCUT2D eigenvalue weighted by Gasteiger charge is 2.35. The van der Waals surface area contributed by atoms with E-state index in [0.717, 1.165) is 38.9 Å². The van der Waals surface area contributed by atoms with Gasteiger partial charge in [0.05, 0.1) is 0 Å². The third-order valence-electron chi connectivity index (χ3n) is 7.08. The van der Waals surface area contributed by atoms with Gasteiger partial charge in [-0.1, -0.05) is 109 Å². The molecule has 2 nitrogen and oxygen atoms in total. The third kappa shape index (κ3) is 4.83. The van der Waals surface area contributed by atoms with Crippen molar-refractivity contribution in [3.05, 3.63) is 141 Å². The second-order valence-corrected chi connectivity index (χ2v) is 9.60. The second-order valence-electron chi connectivity index (χ2n) is 9.60. The van der Waals surface area contributed by atoms with Crippen molar-refractivity contribution in [2.75, 3.05) is 0 Å². The molecule has 0 amide bonds. The summed E-state index contributed by atoms with van der Waals surface area (Å²) in [6, 6.07) is 29.0. The van der Waals surface area contributed by atoms with Crippen molar-refractivity contribution in [1.82, 2.24) is 0 Å². The van der Waals surface area contributed by atoms with Gasteiger partial charge in [-0.15, -0.1) is 6.42 Å². The molecule has 1 atom stereocenters. The van der Waals surface area contributed by atoms with E-state index in [0.29, 0.717) is 17.5 Å². The fourth-order valence-electron chi connectivity index (χ4n) is 5.16. The summed E-state index contributed by atoms with van der Waals surface area (Å²) in [7, 11) is 0. The molecule has 0 saturated carbocycles. The maximum Gasteiger partial charge on any atom is 0.177 e. The summed E-state index contributed by atoms with van der Waals surface area (Å²) >= 11 is 0. The zero-order valence-corrected chi connectivity index (χ0v) is 21.8. The number of aliphatic hydroxyl groups is 2. The fraction of sp³-hybridized carbons (Fsp3) is 0.200. The summed E-state index contributed by atoms with van der Waals surface area (Å²) in [6.07, 6.45) is 6.30. The van der Waals surface area contributed by atoms with E-state index in [-0.39, 0.29) is 0 Å². The Morgan fingerprint density at radius 3 is 1.49 bits per heavy atom. The molecule has 4 aromatic rings. The van der Waals surface area contributed by atoms with Crippen molar-refractivity contribution in [3.63, 3.8) is 0 Å². The van der Waals surface area contributed by atoms with Gasteiger partial charge in [0.25, 0.3) is 0 Å². The minimum Gasteiger partial charge on any atom is -0.369 e. The number of terminal acetylenes is 1. The van der Waals surface area contributed by atoms with Gasteiger partial charge in [0.1, 0.15) is 0 Å². The summed E-state index contributed by atoms with van der Waals surface area (Å²) in [5.74, 6) is 9.11. The minimum atomic E-state index is -1.60. The van der Waals surface area contributed by atoms with Crippen molar-refractivity contribution in [2.45, 2.75) is 45.3 Å². The molecule has 0 aliphatic rings. The summed E-state index contributed by atoms with van der Waals surface area (Å²) in [5.41, 5.74) is 4.30. The quantitative estimate of drug-likeness (QED) is 0.328. The first-order valence-corrected chi connectivity index (χ1v) is 12.4. The SMILES string of the molecule is C#CC(O)(c1ccccc1C)c1c(C)cccc1CC#CC(O)(c1ccccc1C)c1ccccc1C. The molecule has 4 aromatic carbocycles. The second kappa shape index (κ2) is 10.5. The molecule has 184 valence electrons. The zero-order valence-electron chi connectivity index (χ0n) is 21.8.